The molecular weight excluding hydrogens is 204 g/mol. The van der Waals surface area contributed by atoms with Crippen LogP contribution in [0.5, 0.6) is 5.75 Å². The fraction of sp³-hybridized carbons (Fsp3) is 0.462. The Kier molecular flexibility index (Phi) is 3.57. The van der Waals surface area contributed by atoms with Crippen LogP contribution in [0.1, 0.15) is 18.4 Å². The second-order valence-corrected chi connectivity index (χ2v) is 4.11. The van der Waals surface area contributed by atoms with Gasteiger partial charge in [-0.05, 0) is 30.9 Å². The normalized spacial score (nSPS) is 14.8. The van der Waals surface area contributed by atoms with Crippen molar-refractivity contribution >= 4 is 5.78 Å². The van der Waals surface area contributed by atoms with Crippen LogP contribution in [-0.2, 0) is 11.2 Å². The fourth-order valence-corrected chi connectivity index (χ4v) is 1.64. The molecule has 1 aliphatic carbocycles. The summed E-state index contributed by atoms with van der Waals surface area (Å²) in [5.41, 5.74) is 0.952. The highest BCUT2D eigenvalue weighted by Gasteiger charge is 2.29. The minimum Gasteiger partial charge on any atom is -0.486 e. The van der Waals surface area contributed by atoms with E-state index in [1.54, 1.807) is 0 Å². The maximum Gasteiger partial charge on any atom is 0.173 e. The molecule has 0 saturated heterocycles. The number of ether oxygens (including phenoxy) is 1. The fourth-order valence-electron chi connectivity index (χ4n) is 1.64. The van der Waals surface area contributed by atoms with Gasteiger partial charge in [-0.3, -0.25) is 4.79 Å². The van der Waals surface area contributed by atoms with Gasteiger partial charge in [0.25, 0.3) is 0 Å². The van der Waals surface area contributed by atoms with Gasteiger partial charge in [0.2, 0.25) is 0 Å². The van der Waals surface area contributed by atoms with Crippen molar-refractivity contribution < 1.29 is 14.6 Å². The van der Waals surface area contributed by atoms with Gasteiger partial charge in [0, 0.05) is 12.5 Å². The highest BCUT2D eigenvalue weighted by atomic mass is 16.5. The molecule has 16 heavy (non-hydrogen) atoms. The number of carbonyl (C=O) groups is 1. The van der Waals surface area contributed by atoms with E-state index in [2.05, 4.69) is 0 Å². The maximum absolute atomic E-state index is 11.5. The Balaban J connectivity index is 1.94. The van der Waals surface area contributed by atoms with Crippen molar-refractivity contribution in [3.63, 3.8) is 0 Å². The summed E-state index contributed by atoms with van der Waals surface area (Å²) < 4.78 is 5.49. The van der Waals surface area contributed by atoms with E-state index in [-0.39, 0.29) is 24.9 Å². The van der Waals surface area contributed by atoms with Crippen molar-refractivity contribution in [1.82, 2.24) is 0 Å². The first-order valence-electron chi connectivity index (χ1n) is 5.65. The van der Waals surface area contributed by atoms with Crippen LogP contribution in [0.25, 0.3) is 0 Å². The Labute approximate surface area is 95.0 Å². The van der Waals surface area contributed by atoms with Gasteiger partial charge >= 0.3 is 0 Å². The number of hydrogen-bond acceptors (Lipinski definition) is 3. The molecule has 3 heteroatoms. The molecule has 1 aliphatic rings. The molecule has 0 amide bonds. The number of benzene rings is 1. The SMILES string of the molecule is O=C(COc1ccccc1CCO)C1CC1. The average Bonchev–Trinajstić information content (AvgIpc) is 3.12. The summed E-state index contributed by atoms with van der Waals surface area (Å²) in [6.07, 6.45) is 2.59. The molecule has 0 bridgehead atoms. The number of aliphatic hydroxyl groups excluding tert-OH is 1. The smallest absolute Gasteiger partial charge is 0.173 e. The Morgan fingerprint density at radius 1 is 1.38 bits per heavy atom. The van der Waals surface area contributed by atoms with Crippen molar-refractivity contribution in [3.05, 3.63) is 29.8 Å². The molecule has 1 saturated carbocycles. The molecule has 1 aromatic carbocycles. The quantitative estimate of drug-likeness (QED) is 0.791. The van der Waals surface area contributed by atoms with Crippen LogP contribution in [-0.4, -0.2) is 24.1 Å². The van der Waals surface area contributed by atoms with Crippen LogP contribution in [0.2, 0.25) is 0 Å². The van der Waals surface area contributed by atoms with E-state index in [1.165, 1.54) is 0 Å². The number of para-hydroxylation sites is 1. The third-order valence-corrected chi connectivity index (χ3v) is 2.76. The van der Waals surface area contributed by atoms with Crippen LogP contribution in [0.15, 0.2) is 24.3 Å². The Morgan fingerprint density at radius 2 is 2.12 bits per heavy atom. The van der Waals surface area contributed by atoms with Crippen molar-refractivity contribution in [1.29, 1.82) is 0 Å². The van der Waals surface area contributed by atoms with Gasteiger partial charge in [-0.15, -0.1) is 0 Å². The molecule has 0 spiro atoms. The first kappa shape index (κ1) is 11.1. The van der Waals surface area contributed by atoms with Crippen LogP contribution in [0.4, 0.5) is 0 Å². The number of Topliss-reactive ketones (excluding diaryl/α,β-unsaturated/α-hetero) is 1. The van der Waals surface area contributed by atoms with Crippen LogP contribution >= 0.6 is 0 Å². The van der Waals surface area contributed by atoms with Crippen LogP contribution < -0.4 is 4.74 Å². The van der Waals surface area contributed by atoms with E-state index in [4.69, 9.17) is 9.84 Å². The predicted molar refractivity (Wildman–Crippen MR) is 60.5 cm³/mol. The molecule has 0 radical (unpaired) electrons. The summed E-state index contributed by atoms with van der Waals surface area (Å²) in [5, 5.41) is 8.90. The molecule has 0 aliphatic heterocycles. The molecule has 1 aromatic rings. The molecule has 1 fully saturated rings. The molecule has 86 valence electrons. The predicted octanol–water partition coefficient (Wildman–Crippen LogP) is 1.58. The van der Waals surface area contributed by atoms with E-state index in [1.807, 2.05) is 24.3 Å². The highest BCUT2D eigenvalue weighted by Crippen LogP contribution is 2.30. The Morgan fingerprint density at radius 3 is 2.81 bits per heavy atom. The largest absolute Gasteiger partial charge is 0.486 e. The summed E-state index contributed by atoms with van der Waals surface area (Å²) in [6.45, 7) is 0.254. The van der Waals surface area contributed by atoms with Crippen molar-refractivity contribution in [2.24, 2.45) is 5.92 Å². The first-order valence-corrected chi connectivity index (χ1v) is 5.65. The molecule has 2 rings (SSSR count). The Bertz CT molecular complexity index is 369. The van der Waals surface area contributed by atoms with Gasteiger partial charge in [0.15, 0.2) is 5.78 Å². The molecule has 0 atom stereocenters. The van der Waals surface area contributed by atoms with Gasteiger partial charge in [0.05, 0.1) is 0 Å². The lowest BCUT2D eigenvalue weighted by Crippen LogP contribution is -2.13. The third kappa shape index (κ3) is 2.83. The number of hydrogen-bond donors (Lipinski definition) is 1. The molecule has 0 heterocycles. The van der Waals surface area contributed by atoms with Crippen molar-refractivity contribution in [2.45, 2.75) is 19.3 Å². The summed E-state index contributed by atoms with van der Waals surface area (Å²) in [5.74, 6) is 1.15. The monoisotopic (exact) mass is 220 g/mol. The van der Waals surface area contributed by atoms with Crippen molar-refractivity contribution in [3.8, 4) is 5.75 Å². The van der Waals surface area contributed by atoms with E-state index in [9.17, 15) is 4.79 Å². The first-order chi connectivity index (χ1) is 7.81. The van der Waals surface area contributed by atoms with Gasteiger partial charge in [-0.2, -0.15) is 0 Å². The zero-order valence-electron chi connectivity index (χ0n) is 9.19. The second-order valence-electron chi connectivity index (χ2n) is 4.11. The number of ketones is 1. The number of carbonyl (C=O) groups excluding carboxylic acids is 1. The zero-order chi connectivity index (χ0) is 11.4. The third-order valence-electron chi connectivity index (χ3n) is 2.76. The lowest BCUT2D eigenvalue weighted by Gasteiger charge is -2.09. The number of aliphatic hydroxyl groups is 1. The molecule has 0 aromatic heterocycles. The summed E-state index contributed by atoms with van der Waals surface area (Å²) in [4.78, 5) is 11.5. The molecule has 3 nitrogen and oxygen atoms in total. The van der Waals surface area contributed by atoms with E-state index in [0.29, 0.717) is 12.2 Å². The van der Waals surface area contributed by atoms with E-state index < -0.39 is 0 Å². The lowest BCUT2D eigenvalue weighted by molar-refractivity contribution is -0.122. The highest BCUT2D eigenvalue weighted by molar-refractivity contribution is 5.84. The standard InChI is InChI=1S/C13H16O3/c14-8-7-11-3-1-2-4-13(11)16-9-12(15)10-5-6-10/h1-4,10,14H,5-9H2. The molecular formula is C13H16O3. The number of rotatable bonds is 6. The summed E-state index contributed by atoms with van der Waals surface area (Å²) in [6, 6.07) is 7.52. The Hall–Kier alpha value is -1.35. The minimum absolute atomic E-state index is 0.0942. The van der Waals surface area contributed by atoms with Crippen molar-refractivity contribution in [2.75, 3.05) is 13.2 Å². The zero-order valence-corrected chi connectivity index (χ0v) is 9.19. The molecule has 0 unspecified atom stereocenters. The maximum atomic E-state index is 11.5. The van der Waals surface area contributed by atoms with Gasteiger partial charge in [-0.1, -0.05) is 18.2 Å². The summed E-state index contributed by atoms with van der Waals surface area (Å²) in [7, 11) is 0. The van der Waals surface area contributed by atoms with Gasteiger partial charge in [-0.25, -0.2) is 0 Å². The second kappa shape index (κ2) is 5.12. The van der Waals surface area contributed by atoms with Gasteiger partial charge < -0.3 is 9.84 Å². The average molecular weight is 220 g/mol. The lowest BCUT2D eigenvalue weighted by atomic mass is 10.1. The summed E-state index contributed by atoms with van der Waals surface area (Å²) >= 11 is 0. The minimum atomic E-state index is 0.0942. The van der Waals surface area contributed by atoms with Crippen LogP contribution in [0, 0.1) is 5.92 Å². The van der Waals surface area contributed by atoms with E-state index in [0.717, 1.165) is 18.4 Å². The topological polar surface area (TPSA) is 46.5 Å². The molecule has 1 N–H and O–H groups in total. The van der Waals surface area contributed by atoms with E-state index >= 15 is 0 Å². The van der Waals surface area contributed by atoms with Crippen LogP contribution in [0.3, 0.4) is 0 Å². The van der Waals surface area contributed by atoms with Gasteiger partial charge in [0.1, 0.15) is 12.4 Å².